The highest BCUT2D eigenvalue weighted by Gasteiger charge is 2.16. The van der Waals surface area contributed by atoms with Gasteiger partial charge < -0.3 is 19.6 Å². The fourth-order valence-electron chi connectivity index (χ4n) is 1.83. The molecule has 0 aliphatic rings. The second-order valence-corrected chi connectivity index (χ2v) is 7.24. The van der Waals surface area contributed by atoms with E-state index < -0.39 is 32.4 Å². The molecular formula is C13H16FN2O7PS. The highest BCUT2D eigenvalue weighted by Crippen LogP contribution is 2.35. The normalized spacial score (nSPS) is 13.0. The van der Waals surface area contributed by atoms with E-state index in [4.69, 9.17) is 14.5 Å². The van der Waals surface area contributed by atoms with Gasteiger partial charge in [0.25, 0.3) is 0 Å². The first-order valence-corrected chi connectivity index (χ1v) is 9.45. The fraction of sp³-hybridized carbons (Fsp3) is 0.385. The molecule has 0 saturated heterocycles. The Morgan fingerprint density at radius 3 is 2.92 bits per heavy atom. The molecule has 1 atom stereocenters. The van der Waals surface area contributed by atoms with Gasteiger partial charge in [-0.1, -0.05) is 11.3 Å². The highest BCUT2D eigenvalue weighted by molar-refractivity contribution is 7.46. The summed E-state index contributed by atoms with van der Waals surface area (Å²) in [5.41, 5.74) is 0.551. The standard InChI is InChI=1S/C13H16FN2O7PS/c14-8-3-4-10-11(6-8)25-12(15-10)16-13(18)22-5-1-2-9(17)7-23-24(19,20)21/h3-4,6,9,17H,1-2,5,7H2,(H,15,16,18)(H2,19,20,21). The molecule has 9 nitrogen and oxygen atoms in total. The number of nitrogens with zero attached hydrogens (tertiary/aromatic N) is 1. The second kappa shape index (κ2) is 8.65. The zero-order valence-electron chi connectivity index (χ0n) is 12.8. The average molecular weight is 394 g/mol. The van der Waals surface area contributed by atoms with E-state index in [1.165, 1.54) is 18.2 Å². The number of aliphatic hydroxyl groups excluding tert-OH is 1. The van der Waals surface area contributed by atoms with E-state index in [9.17, 15) is 18.9 Å². The van der Waals surface area contributed by atoms with Crippen molar-refractivity contribution in [1.29, 1.82) is 0 Å². The molecular weight excluding hydrogens is 378 g/mol. The number of carbonyl (C=O) groups is 1. The summed E-state index contributed by atoms with van der Waals surface area (Å²) >= 11 is 1.10. The van der Waals surface area contributed by atoms with Crippen molar-refractivity contribution in [2.75, 3.05) is 18.5 Å². The van der Waals surface area contributed by atoms with Crippen LogP contribution in [0.4, 0.5) is 14.3 Å². The molecule has 0 saturated carbocycles. The smallest absolute Gasteiger partial charge is 0.449 e. The minimum Gasteiger partial charge on any atom is -0.449 e. The average Bonchev–Trinajstić information content (AvgIpc) is 2.90. The Hall–Kier alpha value is -1.62. The van der Waals surface area contributed by atoms with Crippen LogP contribution in [0.25, 0.3) is 10.2 Å². The van der Waals surface area contributed by atoms with E-state index in [-0.39, 0.29) is 24.6 Å². The van der Waals surface area contributed by atoms with Gasteiger partial charge in [-0.05, 0) is 31.0 Å². The van der Waals surface area contributed by atoms with Crippen LogP contribution in [0.2, 0.25) is 0 Å². The van der Waals surface area contributed by atoms with Crippen molar-refractivity contribution in [2.45, 2.75) is 18.9 Å². The van der Waals surface area contributed by atoms with E-state index in [1.54, 1.807) is 0 Å². The Kier molecular flexibility index (Phi) is 6.82. The zero-order chi connectivity index (χ0) is 18.4. The van der Waals surface area contributed by atoms with E-state index in [1.807, 2.05) is 0 Å². The molecule has 0 fully saturated rings. The van der Waals surface area contributed by atoms with Gasteiger partial charge in [0.15, 0.2) is 5.13 Å². The summed E-state index contributed by atoms with van der Waals surface area (Å²) in [6, 6.07) is 4.08. The number of phosphoric ester groups is 1. The number of phosphoric acid groups is 1. The number of aromatic nitrogens is 1. The molecule has 0 radical (unpaired) electrons. The quantitative estimate of drug-likeness (QED) is 0.395. The Morgan fingerprint density at radius 1 is 1.44 bits per heavy atom. The van der Waals surface area contributed by atoms with E-state index >= 15 is 0 Å². The number of carbonyl (C=O) groups excluding carboxylic acids is 1. The molecule has 1 amide bonds. The maximum absolute atomic E-state index is 13.1. The number of hydrogen-bond donors (Lipinski definition) is 4. The Balaban J connectivity index is 1.69. The highest BCUT2D eigenvalue weighted by atomic mass is 32.1. The van der Waals surface area contributed by atoms with Gasteiger partial charge in [-0.25, -0.2) is 18.7 Å². The number of anilines is 1. The van der Waals surface area contributed by atoms with Crippen molar-refractivity contribution in [3.8, 4) is 0 Å². The molecule has 0 bridgehead atoms. The van der Waals surface area contributed by atoms with Crippen LogP contribution in [0.3, 0.4) is 0 Å². The van der Waals surface area contributed by atoms with Gasteiger partial charge in [-0.3, -0.25) is 9.84 Å². The minimum absolute atomic E-state index is 0.0155. The van der Waals surface area contributed by atoms with Crippen molar-refractivity contribution in [2.24, 2.45) is 0 Å². The molecule has 12 heteroatoms. The zero-order valence-corrected chi connectivity index (χ0v) is 14.5. The maximum atomic E-state index is 13.1. The number of amides is 1. The number of fused-ring (bicyclic) bond motifs is 1. The van der Waals surface area contributed by atoms with Crippen LogP contribution in [0, 0.1) is 5.82 Å². The summed E-state index contributed by atoms with van der Waals surface area (Å²) in [5.74, 6) is -0.397. The number of thiazole rings is 1. The molecule has 2 rings (SSSR count). The summed E-state index contributed by atoms with van der Waals surface area (Å²) in [7, 11) is -4.61. The van der Waals surface area contributed by atoms with Gasteiger partial charge in [0, 0.05) is 0 Å². The molecule has 0 aliphatic heterocycles. The van der Waals surface area contributed by atoms with Crippen LogP contribution in [0.1, 0.15) is 12.8 Å². The van der Waals surface area contributed by atoms with Gasteiger partial charge in [0.2, 0.25) is 0 Å². The first-order valence-electron chi connectivity index (χ1n) is 7.11. The lowest BCUT2D eigenvalue weighted by Gasteiger charge is -2.11. The Bertz CT molecular complexity index is 781. The number of halogens is 1. The molecule has 2 aromatic rings. The van der Waals surface area contributed by atoms with E-state index in [0.29, 0.717) is 10.2 Å². The molecule has 25 heavy (non-hydrogen) atoms. The predicted octanol–water partition coefficient (Wildman–Crippen LogP) is 2.23. The number of rotatable bonds is 8. The lowest BCUT2D eigenvalue weighted by Crippen LogP contribution is -2.17. The first kappa shape index (κ1) is 19.7. The first-order chi connectivity index (χ1) is 11.7. The van der Waals surface area contributed by atoms with Crippen molar-refractivity contribution < 1.29 is 37.9 Å². The summed E-state index contributed by atoms with van der Waals surface area (Å²) in [5, 5.41) is 12.1. The van der Waals surface area contributed by atoms with Gasteiger partial charge in [-0.15, -0.1) is 0 Å². The molecule has 4 N–H and O–H groups in total. The minimum atomic E-state index is -4.61. The van der Waals surface area contributed by atoms with Crippen LogP contribution in [0.15, 0.2) is 18.2 Å². The van der Waals surface area contributed by atoms with E-state index in [0.717, 1.165) is 11.3 Å². The third-order valence-corrected chi connectivity index (χ3v) is 4.33. The van der Waals surface area contributed by atoms with Crippen LogP contribution in [-0.2, 0) is 13.8 Å². The summed E-state index contributed by atoms with van der Waals surface area (Å²) < 4.78 is 33.2. The molecule has 0 aliphatic carbocycles. The third kappa shape index (κ3) is 7.02. The Morgan fingerprint density at radius 2 is 2.20 bits per heavy atom. The number of aliphatic hydroxyl groups is 1. The van der Waals surface area contributed by atoms with Gasteiger partial charge in [-0.2, -0.15) is 0 Å². The summed E-state index contributed by atoms with van der Waals surface area (Å²) in [4.78, 5) is 32.7. The topological polar surface area (TPSA) is 138 Å². The predicted molar refractivity (Wildman–Crippen MR) is 87.8 cm³/mol. The van der Waals surface area contributed by atoms with Crippen molar-refractivity contribution in [3.05, 3.63) is 24.0 Å². The van der Waals surface area contributed by atoms with Crippen LogP contribution in [0.5, 0.6) is 0 Å². The van der Waals surface area contributed by atoms with Gasteiger partial charge in [0.05, 0.1) is 29.5 Å². The molecule has 138 valence electrons. The SMILES string of the molecule is O=C(Nc1nc2ccc(F)cc2s1)OCCCC(O)COP(=O)(O)O. The van der Waals surface area contributed by atoms with Crippen LogP contribution >= 0.6 is 19.2 Å². The van der Waals surface area contributed by atoms with Crippen molar-refractivity contribution in [3.63, 3.8) is 0 Å². The van der Waals surface area contributed by atoms with E-state index in [2.05, 4.69) is 14.8 Å². The van der Waals surface area contributed by atoms with Crippen LogP contribution < -0.4 is 5.32 Å². The summed E-state index contributed by atoms with van der Waals surface area (Å²) in [6.07, 6.45) is -1.43. The molecule has 0 spiro atoms. The number of hydrogen-bond acceptors (Lipinski definition) is 7. The maximum Gasteiger partial charge on any atom is 0.469 e. The summed E-state index contributed by atoms with van der Waals surface area (Å²) in [6.45, 7) is -0.531. The largest absolute Gasteiger partial charge is 0.469 e. The molecule has 1 aromatic heterocycles. The van der Waals surface area contributed by atoms with Crippen molar-refractivity contribution in [1.82, 2.24) is 4.98 Å². The number of benzene rings is 1. The third-order valence-electron chi connectivity index (χ3n) is 2.91. The lowest BCUT2D eigenvalue weighted by atomic mass is 10.2. The van der Waals surface area contributed by atoms with Crippen molar-refractivity contribution >= 4 is 40.6 Å². The monoisotopic (exact) mass is 394 g/mol. The second-order valence-electron chi connectivity index (χ2n) is 4.97. The fourth-order valence-corrected chi connectivity index (χ4v) is 3.07. The van der Waals surface area contributed by atoms with Gasteiger partial charge >= 0.3 is 13.9 Å². The number of nitrogens with one attached hydrogen (secondary N) is 1. The lowest BCUT2D eigenvalue weighted by molar-refractivity contribution is 0.0723. The van der Waals surface area contributed by atoms with Gasteiger partial charge in [0.1, 0.15) is 5.82 Å². The van der Waals surface area contributed by atoms with Crippen LogP contribution in [-0.4, -0.2) is 45.3 Å². The molecule has 1 heterocycles. The molecule has 1 aromatic carbocycles. The number of ether oxygens (including phenoxy) is 1. The molecule has 1 unspecified atom stereocenters. The Labute approximate surface area is 145 Å².